The first-order chi connectivity index (χ1) is 6.95. The monoisotopic (exact) mass is 220 g/mol. The molecule has 0 radical (unpaired) electrons. The van der Waals surface area contributed by atoms with Crippen LogP contribution in [0.1, 0.15) is 27.1 Å². The largest absolute Gasteiger partial charge is 0.507 e. The molecule has 0 fully saturated rings. The molecular formula is C13H16OS. The van der Waals surface area contributed by atoms with Crippen molar-refractivity contribution >= 4 is 21.4 Å². The van der Waals surface area contributed by atoms with Gasteiger partial charge in [0.05, 0.1) is 0 Å². The van der Waals surface area contributed by atoms with E-state index in [4.69, 9.17) is 0 Å². The van der Waals surface area contributed by atoms with E-state index in [1.165, 1.54) is 26.3 Å². The Bertz CT molecular complexity index is 550. The SMILES string of the molecule is Cc1sc2c(C)c(C)c(C)c(O)c2c1C. The number of benzene rings is 1. The summed E-state index contributed by atoms with van der Waals surface area (Å²) in [4.78, 5) is 1.30. The van der Waals surface area contributed by atoms with E-state index in [0.717, 1.165) is 10.9 Å². The van der Waals surface area contributed by atoms with Crippen LogP contribution < -0.4 is 0 Å². The van der Waals surface area contributed by atoms with Crippen molar-refractivity contribution in [3.05, 3.63) is 27.1 Å². The van der Waals surface area contributed by atoms with Crippen LogP contribution in [0.3, 0.4) is 0 Å². The van der Waals surface area contributed by atoms with Crippen LogP contribution in [0.15, 0.2) is 0 Å². The number of hydrogen-bond donors (Lipinski definition) is 1. The van der Waals surface area contributed by atoms with Crippen LogP contribution >= 0.6 is 11.3 Å². The quantitative estimate of drug-likeness (QED) is 0.707. The van der Waals surface area contributed by atoms with Gasteiger partial charge in [-0.25, -0.2) is 0 Å². The molecule has 1 nitrogen and oxygen atoms in total. The Balaban J connectivity index is 3.07. The highest BCUT2D eigenvalue weighted by molar-refractivity contribution is 7.19. The van der Waals surface area contributed by atoms with Gasteiger partial charge >= 0.3 is 0 Å². The highest BCUT2D eigenvalue weighted by Crippen LogP contribution is 2.41. The maximum absolute atomic E-state index is 10.2. The molecule has 2 heteroatoms. The summed E-state index contributed by atoms with van der Waals surface area (Å²) in [7, 11) is 0. The van der Waals surface area contributed by atoms with E-state index >= 15 is 0 Å². The average Bonchev–Trinajstić information content (AvgIpc) is 2.50. The van der Waals surface area contributed by atoms with Gasteiger partial charge in [-0.2, -0.15) is 0 Å². The van der Waals surface area contributed by atoms with E-state index < -0.39 is 0 Å². The van der Waals surface area contributed by atoms with E-state index in [1.807, 2.05) is 6.92 Å². The average molecular weight is 220 g/mol. The number of hydrogen-bond acceptors (Lipinski definition) is 2. The molecule has 0 saturated heterocycles. The van der Waals surface area contributed by atoms with Crippen molar-refractivity contribution in [1.29, 1.82) is 0 Å². The summed E-state index contributed by atoms with van der Waals surface area (Å²) >= 11 is 1.78. The first kappa shape index (κ1) is 10.5. The molecule has 2 aromatic rings. The Hall–Kier alpha value is -1.02. The minimum atomic E-state index is 0.468. The fourth-order valence-corrected chi connectivity index (χ4v) is 3.21. The van der Waals surface area contributed by atoms with Crippen LogP contribution in [0, 0.1) is 34.6 Å². The molecule has 0 spiro atoms. The predicted octanol–water partition coefficient (Wildman–Crippen LogP) is 4.15. The summed E-state index contributed by atoms with van der Waals surface area (Å²) < 4.78 is 1.24. The van der Waals surface area contributed by atoms with E-state index in [1.54, 1.807) is 11.3 Å². The minimum Gasteiger partial charge on any atom is -0.507 e. The van der Waals surface area contributed by atoms with Gasteiger partial charge in [-0.1, -0.05) is 0 Å². The molecule has 1 aromatic carbocycles. The van der Waals surface area contributed by atoms with Crippen LogP contribution in [0.4, 0.5) is 0 Å². The molecule has 1 N–H and O–H groups in total. The zero-order valence-electron chi connectivity index (χ0n) is 9.86. The van der Waals surface area contributed by atoms with E-state index in [0.29, 0.717) is 5.75 Å². The molecule has 0 bridgehead atoms. The van der Waals surface area contributed by atoms with Gasteiger partial charge in [0, 0.05) is 15.0 Å². The normalized spacial score (nSPS) is 11.3. The number of thiophene rings is 1. The fraction of sp³-hybridized carbons (Fsp3) is 0.385. The summed E-state index contributed by atoms with van der Waals surface area (Å²) in [5.74, 6) is 0.468. The lowest BCUT2D eigenvalue weighted by atomic mass is 9.98. The second kappa shape index (κ2) is 3.24. The maximum Gasteiger partial charge on any atom is 0.127 e. The Morgan fingerprint density at radius 2 is 1.40 bits per heavy atom. The summed E-state index contributed by atoms with van der Waals surface area (Å²) in [5, 5.41) is 11.2. The number of aromatic hydroxyl groups is 1. The van der Waals surface area contributed by atoms with Crippen LogP contribution in [-0.2, 0) is 0 Å². The number of rotatable bonds is 0. The Morgan fingerprint density at radius 1 is 0.800 bits per heavy atom. The highest BCUT2D eigenvalue weighted by Gasteiger charge is 2.16. The number of aryl methyl sites for hydroxylation is 3. The van der Waals surface area contributed by atoms with Crippen LogP contribution in [0.5, 0.6) is 5.75 Å². The molecule has 0 aliphatic carbocycles. The Morgan fingerprint density at radius 3 is 2.00 bits per heavy atom. The molecule has 1 heterocycles. The van der Waals surface area contributed by atoms with Crippen molar-refractivity contribution in [1.82, 2.24) is 0 Å². The van der Waals surface area contributed by atoms with Gasteiger partial charge in [0.2, 0.25) is 0 Å². The molecule has 80 valence electrons. The van der Waals surface area contributed by atoms with Gasteiger partial charge in [-0.15, -0.1) is 11.3 Å². The van der Waals surface area contributed by atoms with E-state index in [9.17, 15) is 5.11 Å². The van der Waals surface area contributed by atoms with Gasteiger partial charge in [-0.05, 0) is 56.9 Å². The smallest absolute Gasteiger partial charge is 0.127 e. The van der Waals surface area contributed by atoms with Crippen molar-refractivity contribution in [3.8, 4) is 5.75 Å². The van der Waals surface area contributed by atoms with Crippen molar-refractivity contribution < 1.29 is 5.11 Å². The van der Waals surface area contributed by atoms with Crippen molar-refractivity contribution in [2.45, 2.75) is 34.6 Å². The zero-order chi connectivity index (χ0) is 11.3. The van der Waals surface area contributed by atoms with Crippen molar-refractivity contribution in [3.63, 3.8) is 0 Å². The first-order valence-corrected chi connectivity index (χ1v) is 5.95. The molecule has 0 unspecified atom stereocenters. The summed E-state index contributed by atoms with van der Waals surface area (Å²) in [6, 6.07) is 0. The van der Waals surface area contributed by atoms with Crippen LogP contribution in [0.2, 0.25) is 0 Å². The number of phenolic OH excluding ortho intramolecular Hbond substituents is 1. The first-order valence-electron chi connectivity index (χ1n) is 5.13. The second-order valence-corrected chi connectivity index (χ2v) is 5.44. The highest BCUT2D eigenvalue weighted by atomic mass is 32.1. The number of fused-ring (bicyclic) bond motifs is 1. The molecule has 0 aliphatic heterocycles. The molecule has 0 saturated carbocycles. The van der Waals surface area contributed by atoms with Gasteiger partial charge in [0.25, 0.3) is 0 Å². The third-order valence-corrected chi connectivity index (χ3v) is 4.77. The lowest BCUT2D eigenvalue weighted by Gasteiger charge is -2.09. The minimum absolute atomic E-state index is 0.468. The van der Waals surface area contributed by atoms with Crippen LogP contribution in [0.25, 0.3) is 10.1 Å². The molecule has 0 amide bonds. The lowest BCUT2D eigenvalue weighted by Crippen LogP contribution is -1.88. The van der Waals surface area contributed by atoms with Crippen molar-refractivity contribution in [2.24, 2.45) is 0 Å². The van der Waals surface area contributed by atoms with Gasteiger partial charge < -0.3 is 5.11 Å². The third kappa shape index (κ3) is 1.28. The van der Waals surface area contributed by atoms with E-state index in [2.05, 4.69) is 27.7 Å². The zero-order valence-corrected chi connectivity index (χ0v) is 10.7. The van der Waals surface area contributed by atoms with Crippen LogP contribution in [-0.4, -0.2) is 5.11 Å². The van der Waals surface area contributed by atoms with Crippen molar-refractivity contribution in [2.75, 3.05) is 0 Å². The fourth-order valence-electron chi connectivity index (χ4n) is 1.99. The van der Waals surface area contributed by atoms with Gasteiger partial charge in [-0.3, -0.25) is 0 Å². The molecule has 2 rings (SSSR count). The molecule has 15 heavy (non-hydrogen) atoms. The molecule has 0 aliphatic rings. The third-order valence-electron chi connectivity index (χ3n) is 3.44. The van der Waals surface area contributed by atoms with E-state index in [-0.39, 0.29) is 0 Å². The second-order valence-electron chi connectivity index (χ2n) is 4.21. The molecule has 1 aromatic heterocycles. The summed E-state index contributed by atoms with van der Waals surface area (Å²) in [6.07, 6.45) is 0. The standard InChI is InChI=1S/C13H16OS/c1-6-7(2)12(14)11-9(4)10(5)15-13(11)8(6)3/h14H,1-5H3. The molecular weight excluding hydrogens is 204 g/mol. The molecule has 0 atom stereocenters. The summed E-state index contributed by atoms with van der Waals surface area (Å²) in [5.41, 5.74) is 4.75. The number of phenols is 1. The summed E-state index contributed by atoms with van der Waals surface area (Å²) in [6.45, 7) is 10.4. The Kier molecular flexibility index (Phi) is 2.27. The maximum atomic E-state index is 10.2. The van der Waals surface area contributed by atoms with Gasteiger partial charge in [0.1, 0.15) is 5.75 Å². The predicted molar refractivity (Wildman–Crippen MR) is 67.2 cm³/mol. The Labute approximate surface area is 94.4 Å². The van der Waals surface area contributed by atoms with Gasteiger partial charge in [0.15, 0.2) is 0 Å². The topological polar surface area (TPSA) is 20.2 Å². The lowest BCUT2D eigenvalue weighted by molar-refractivity contribution is 0.477.